The van der Waals surface area contributed by atoms with E-state index in [4.69, 9.17) is 4.74 Å². The molecule has 0 aromatic heterocycles. The van der Waals surface area contributed by atoms with Crippen LogP contribution in [0.15, 0.2) is 0 Å². The lowest BCUT2D eigenvalue weighted by atomic mass is 10.2. The first-order valence-corrected chi connectivity index (χ1v) is 8.62. The van der Waals surface area contributed by atoms with Crippen molar-refractivity contribution in [3.05, 3.63) is 0 Å². The minimum Gasteiger partial charge on any atom is -0.375 e. The highest BCUT2D eigenvalue weighted by Crippen LogP contribution is 2.31. The molecule has 1 heterocycles. The van der Waals surface area contributed by atoms with Crippen molar-refractivity contribution in [2.24, 2.45) is 0 Å². The Balaban J connectivity index is 1.59. The number of morpholine rings is 1. The molecule has 2 unspecified atom stereocenters. The van der Waals surface area contributed by atoms with Crippen LogP contribution in [0.5, 0.6) is 0 Å². The van der Waals surface area contributed by atoms with Crippen LogP contribution < -0.4 is 5.32 Å². The number of fused-ring (bicyclic) bond motifs is 1. The van der Waals surface area contributed by atoms with E-state index in [0.29, 0.717) is 25.7 Å². The topological polar surface area (TPSA) is 58.6 Å². The van der Waals surface area contributed by atoms with Crippen molar-refractivity contribution in [2.45, 2.75) is 50.3 Å². The van der Waals surface area contributed by atoms with E-state index in [2.05, 4.69) is 5.32 Å². The van der Waals surface area contributed by atoms with Crippen LogP contribution in [0.25, 0.3) is 0 Å². The average molecular weight is 274 g/mol. The Morgan fingerprint density at radius 1 is 1.22 bits per heavy atom. The predicted octanol–water partition coefficient (Wildman–Crippen LogP) is 0.321. The van der Waals surface area contributed by atoms with Gasteiger partial charge in [-0.25, -0.2) is 8.42 Å². The van der Waals surface area contributed by atoms with Crippen LogP contribution in [-0.2, 0) is 14.8 Å². The number of nitrogens with zero attached hydrogens (tertiary/aromatic N) is 1. The molecule has 2 aliphatic carbocycles. The summed E-state index contributed by atoms with van der Waals surface area (Å²) in [5.41, 5.74) is 0. The van der Waals surface area contributed by atoms with Gasteiger partial charge in [0.2, 0.25) is 10.0 Å². The third kappa shape index (κ3) is 2.71. The highest BCUT2D eigenvalue weighted by Gasteiger charge is 2.41. The fraction of sp³-hybridized carbons (Fsp3) is 1.00. The van der Waals surface area contributed by atoms with Crippen molar-refractivity contribution in [3.63, 3.8) is 0 Å². The van der Waals surface area contributed by atoms with E-state index in [0.717, 1.165) is 19.3 Å². The van der Waals surface area contributed by atoms with Gasteiger partial charge in [-0.2, -0.15) is 4.31 Å². The quantitative estimate of drug-likeness (QED) is 0.784. The molecule has 3 aliphatic rings. The minimum absolute atomic E-state index is 0.102. The molecule has 2 atom stereocenters. The Hall–Kier alpha value is -0.170. The van der Waals surface area contributed by atoms with Crippen molar-refractivity contribution in [2.75, 3.05) is 25.4 Å². The van der Waals surface area contributed by atoms with Crippen LogP contribution in [0.2, 0.25) is 0 Å². The highest BCUT2D eigenvalue weighted by molar-refractivity contribution is 7.89. The maximum Gasteiger partial charge on any atom is 0.215 e. The fourth-order valence-electron chi connectivity index (χ4n) is 3.03. The van der Waals surface area contributed by atoms with Gasteiger partial charge in [0.05, 0.1) is 24.5 Å². The molecule has 104 valence electrons. The van der Waals surface area contributed by atoms with E-state index in [1.165, 1.54) is 12.8 Å². The molecule has 0 radical (unpaired) electrons. The van der Waals surface area contributed by atoms with Crippen molar-refractivity contribution in [3.8, 4) is 0 Å². The molecular weight excluding hydrogens is 252 g/mol. The predicted molar refractivity (Wildman–Crippen MR) is 68.9 cm³/mol. The molecule has 0 aromatic carbocycles. The van der Waals surface area contributed by atoms with Crippen LogP contribution in [-0.4, -0.2) is 56.4 Å². The zero-order valence-electron chi connectivity index (χ0n) is 10.7. The summed E-state index contributed by atoms with van der Waals surface area (Å²) < 4.78 is 32.1. The Morgan fingerprint density at radius 2 is 2.06 bits per heavy atom. The smallest absolute Gasteiger partial charge is 0.215 e. The second-order valence-corrected chi connectivity index (χ2v) is 7.60. The largest absolute Gasteiger partial charge is 0.375 e. The Labute approximate surface area is 109 Å². The summed E-state index contributed by atoms with van der Waals surface area (Å²) in [6.07, 6.45) is 5.59. The third-order valence-corrected chi connectivity index (χ3v) is 6.05. The summed E-state index contributed by atoms with van der Waals surface area (Å²) in [7, 11) is -3.11. The van der Waals surface area contributed by atoms with Gasteiger partial charge in [0.25, 0.3) is 0 Å². The van der Waals surface area contributed by atoms with Gasteiger partial charge in [0, 0.05) is 19.1 Å². The molecule has 0 amide bonds. The molecule has 0 aromatic rings. The molecule has 5 nitrogen and oxygen atoms in total. The van der Waals surface area contributed by atoms with Gasteiger partial charge in [-0.3, -0.25) is 0 Å². The lowest BCUT2D eigenvalue weighted by molar-refractivity contribution is -0.0241. The first kappa shape index (κ1) is 12.8. The molecular formula is C12H22N2O3S. The van der Waals surface area contributed by atoms with Gasteiger partial charge in [-0.05, 0) is 32.1 Å². The van der Waals surface area contributed by atoms with Crippen molar-refractivity contribution in [1.29, 1.82) is 0 Å². The Morgan fingerprint density at radius 3 is 2.83 bits per heavy atom. The van der Waals surface area contributed by atoms with Gasteiger partial charge >= 0.3 is 0 Å². The zero-order valence-corrected chi connectivity index (χ0v) is 11.5. The summed E-state index contributed by atoms with van der Waals surface area (Å²) in [4.78, 5) is 0. The van der Waals surface area contributed by atoms with E-state index in [1.807, 2.05) is 0 Å². The zero-order chi connectivity index (χ0) is 12.6. The number of rotatable bonds is 5. The summed E-state index contributed by atoms with van der Waals surface area (Å²) in [6, 6.07) is 0.675. The summed E-state index contributed by atoms with van der Waals surface area (Å²) in [5.74, 6) is 0.229. The van der Waals surface area contributed by atoms with Crippen molar-refractivity contribution < 1.29 is 13.2 Å². The number of ether oxygens (including phenoxy) is 1. The molecule has 3 fully saturated rings. The molecule has 1 aliphatic heterocycles. The monoisotopic (exact) mass is 274 g/mol. The molecule has 1 N–H and O–H groups in total. The van der Waals surface area contributed by atoms with Crippen LogP contribution in [0.1, 0.15) is 32.1 Å². The van der Waals surface area contributed by atoms with Gasteiger partial charge in [0.1, 0.15) is 0 Å². The van der Waals surface area contributed by atoms with Gasteiger partial charge in [0.15, 0.2) is 0 Å². The maximum absolute atomic E-state index is 12.4. The van der Waals surface area contributed by atoms with Crippen LogP contribution in [0.3, 0.4) is 0 Å². The second kappa shape index (κ2) is 5.07. The number of nitrogens with one attached hydrogen (secondary N) is 1. The molecule has 0 spiro atoms. The highest BCUT2D eigenvalue weighted by atomic mass is 32.2. The fourth-order valence-corrected chi connectivity index (χ4v) is 4.65. The Kier molecular flexibility index (Phi) is 3.62. The molecule has 18 heavy (non-hydrogen) atoms. The second-order valence-electron chi connectivity index (χ2n) is 5.56. The lowest BCUT2D eigenvalue weighted by Gasteiger charge is -2.36. The Bertz CT molecular complexity index is 394. The van der Waals surface area contributed by atoms with Crippen LogP contribution in [0.4, 0.5) is 0 Å². The first-order valence-electron chi connectivity index (χ1n) is 7.01. The third-order valence-electron chi connectivity index (χ3n) is 4.16. The van der Waals surface area contributed by atoms with Crippen molar-refractivity contribution in [1.82, 2.24) is 9.62 Å². The normalized spacial score (nSPS) is 33.6. The maximum atomic E-state index is 12.4. The van der Waals surface area contributed by atoms with E-state index < -0.39 is 10.0 Å². The van der Waals surface area contributed by atoms with Gasteiger partial charge in [-0.15, -0.1) is 0 Å². The van der Waals surface area contributed by atoms with E-state index in [9.17, 15) is 8.42 Å². The van der Waals surface area contributed by atoms with Crippen LogP contribution >= 0.6 is 0 Å². The average Bonchev–Trinajstić information content (AvgIpc) is 3.04. The summed E-state index contributed by atoms with van der Waals surface area (Å²) >= 11 is 0. The summed E-state index contributed by atoms with van der Waals surface area (Å²) in [6.45, 7) is 1.67. The number of hydrogen-bond acceptors (Lipinski definition) is 4. The van der Waals surface area contributed by atoms with Crippen LogP contribution in [0, 0.1) is 0 Å². The van der Waals surface area contributed by atoms with E-state index in [1.54, 1.807) is 4.31 Å². The lowest BCUT2D eigenvalue weighted by Crippen LogP contribution is -2.52. The van der Waals surface area contributed by atoms with Crippen molar-refractivity contribution >= 4 is 10.0 Å². The van der Waals surface area contributed by atoms with E-state index in [-0.39, 0.29) is 17.9 Å². The SMILES string of the molecule is O=S(=O)(CCNC1CC1)N1CCOC2CCCC21. The molecule has 0 bridgehead atoms. The van der Waals surface area contributed by atoms with Gasteiger partial charge in [-0.1, -0.05) is 0 Å². The minimum atomic E-state index is -3.11. The van der Waals surface area contributed by atoms with Gasteiger partial charge < -0.3 is 10.1 Å². The number of hydrogen-bond donors (Lipinski definition) is 1. The molecule has 1 saturated heterocycles. The summed E-state index contributed by atoms with van der Waals surface area (Å²) in [5, 5.41) is 3.27. The standard InChI is InChI=1S/C12H22N2O3S/c15-18(16,9-6-13-10-4-5-10)14-7-8-17-12-3-1-2-11(12)14/h10-13H,1-9H2. The molecule has 3 rings (SSSR count). The van der Waals surface area contributed by atoms with E-state index >= 15 is 0 Å². The molecule has 6 heteroatoms. The first-order chi connectivity index (χ1) is 8.67. The number of sulfonamides is 1. The molecule has 2 saturated carbocycles.